The maximum atomic E-state index is 11.9. The first-order valence-electron chi connectivity index (χ1n) is 7.03. The second-order valence-corrected chi connectivity index (χ2v) is 5.65. The number of halogens is 1. The van der Waals surface area contributed by atoms with Crippen LogP contribution in [-0.2, 0) is 4.79 Å². The maximum Gasteiger partial charge on any atom is 0.251 e. The number of hydrogen-bond acceptors (Lipinski definition) is 5. The number of thioether (sulfide) groups is 1. The van der Waals surface area contributed by atoms with Crippen molar-refractivity contribution in [2.24, 2.45) is 5.73 Å². The number of hydrogen-bond donors (Lipinski definition) is 3. The van der Waals surface area contributed by atoms with E-state index in [0.29, 0.717) is 30.8 Å². The van der Waals surface area contributed by atoms with E-state index in [9.17, 15) is 9.59 Å². The first-order chi connectivity index (χ1) is 10.6. The van der Waals surface area contributed by atoms with Gasteiger partial charge in [-0.15, -0.1) is 12.4 Å². The number of carbonyl (C=O) groups is 2. The van der Waals surface area contributed by atoms with Crippen molar-refractivity contribution in [3.63, 3.8) is 0 Å². The van der Waals surface area contributed by atoms with Crippen molar-refractivity contribution in [2.45, 2.75) is 12.5 Å². The van der Waals surface area contributed by atoms with Crippen LogP contribution < -0.4 is 21.1 Å². The molecular formula is C15H24ClN3O3S. The number of carbonyl (C=O) groups excluding carboxylic acids is 2. The Labute approximate surface area is 147 Å². The third-order valence-electron chi connectivity index (χ3n) is 3.01. The molecule has 1 atom stereocenters. The van der Waals surface area contributed by atoms with E-state index in [0.717, 1.165) is 5.75 Å². The zero-order chi connectivity index (χ0) is 16.4. The van der Waals surface area contributed by atoms with Gasteiger partial charge in [0.25, 0.3) is 5.91 Å². The van der Waals surface area contributed by atoms with E-state index >= 15 is 0 Å². The van der Waals surface area contributed by atoms with Crippen LogP contribution in [-0.4, -0.2) is 50.1 Å². The molecule has 1 aromatic rings. The quantitative estimate of drug-likeness (QED) is 0.571. The highest BCUT2D eigenvalue weighted by molar-refractivity contribution is 7.98. The van der Waals surface area contributed by atoms with Crippen molar-refractivity contribution >= 4 is 36.0 Å². The molecule has 0 spiro atoms. The van der Waals surface area contributed by atoms with Gasteiger partial charge in [-0.1, -0.05) is 6.07 Å². The number of ether oxygens (including phenoxy) is 1. The zero-order valence-corrected chi connectivity index (χ0v) is 15.0. The van der Waals surface area contributed by atoms with Gasteiger partial charge in [0.2, 0.25) is 5.91 Å². The van der Waals surface area contributed by atoms with Crippen LogP contribution in [0, 0.1) is 0 Å². The van der Waals surface area contributed by atoms with Crippen LogP contribution in [0.1, 0.15) is 16.8 Å². The molecule has 130 valence electrons. The predicted octanol–water partition coefficient (Wildman–Crippen LogP) is 1.04. The normalized spacial score (nSPS) is 11.1. The van der Waals surface area contributed by atoms with Gasteiger partial charge in [-0.25, -0.2) is 0 Å². The summed E-state index contributed by atoms with van der Waals surface area (Å²) in [6, 6.07) is 6.38. The van der Waals surface area contributed by atoms with E-state index in [2.05, 4.69) is 10.6 Å². The Bertz CT molecular complexity index is 503. The molecule has 0 radical (unpaired) electrons. The Morgan fingerprint density at radius 2 is 2.00 bits per heavy atom. The van der Waals surface area contributed by atoms with Gasteiger partial charge in [0, 0.05) is 18.7 Å². The maximum absolute atomic E-state index is 11.9. The van der Waals surface area contributed by atoms with E-state index < -0.39 is 6.04 Å². The standard InChI is InChI=1S/C15H23N3O3S.ClH/c1-21-12-5-3-4-11(10-12)14(19)17-7-8-18-15(20)13(16)6-9-22-2;/h3-5,10,13H,6-9,16H2,1-2H3,(H,17,19)(H,18,20);1H/t13-;/m0./s1. The summed E-state index contributed by atoms with van der Waals surface area (Å²) in [7, 11) is 1.55. The molecule has 0 fully saturated rings. The smallest absolute Gasteiger partial charge is 0.251 e. The minimum atomic E-state index is -0.499. The van der Waals surface area contributed by atoms with Crippen LogP contribution in [0.25, 0.3) is 0 Å². The highest BCUT2D eigenvalue weighted by Gasteiger charge is 2.12. The second-order valence-electron chi connectivity index (χ2n) is 4.67. The molecular weight excluding hydrogens is 338 g/mol. The highest BCUT2D eigenvalue weighted by atomic mass is 35.5. The van der Waals surface area contributed by atoms with Crippen LogP contribution >= 0.6 is 24.2 Å². The number of nitrogens with one attached hydrogen (secondary N) is 2. The number of amides is 2. The van der Waals surface area contributed by atoms with Gasteiger partial charge < -0.3 is 21.1 Å². The summed E-state index contributed by atoms with van der Waals surface area (Å²) in [5.41, 5.74) is 6.26. The largest absolute Gasteiger partial charge is 0.497 e. The van der Waals surface area contributed by atoms with Gasteiger partial charge in [-0.2, -0.15) is 11.8 Å². The molecule has 0 bridgehead atoms. The summed E-state index contributed by atoms with van der Waals surface area (Å²) in [5.74, 6) is 1.08. The molecule has 0 aliphatic heterocycles. The number of benzene rings is 1. The van der Waals surface area contributed by atoms with Gasteiger partial charge >= 0.3 is 0 Å². The number of nitrogens with two attached hydrogens (primary N) is 1. The zero-order valence-electron chi connectivity index (χ0n) is 13.3. The molecule has 4 N–H and O–H groups in total. The average molecular weight is 362 g/mol. The molecule has 0 saturated heterocycles. The fraction of sp³-hybridized carbons (Fsp3) is 0.467. The highest BCUT2D eigenvalue weighted by Crippen LogP contribution is 2.12. The van der Waals surface area contributed by atoms with Crippen molar-refractivity contribution in [1.82, 2.24) is 10.6 Å². The van der Waals surface area contributed by atoms with Crippen molar-refractivity contribution in [2.75, 3.05) is 32.2 Å². The molecule has 1 aromatic carbocycles. The predicted molar refractivity (Wildman–Crippen MR) is 96.6 cm³/mol. The molecule has 6 nitrogen and oxygen atoms in total. The minimum Gasteiger partial charge on any atom is -0.497 e. The summed E-state index contributed by atoms with van der Waals surface area (Å²) < 4.78 is 5.07. The summed E-state index contributed by atoms with van der Waals surface area (Å²) in [4.78, 5) is 23.6. The van der Waals surface area contributed by atoms with Gasteiger partial charge in [0.15, 0.2) is 0 Å². The van der Waals surface area contributed by atoms with Crippen molar-refractivity contribution in [3.8, 4) is 5.75 Å². The molecule has 1 rings (SSSR count). The fourth-order valence-electron chi connectivity index (χ4n) is 1.74. The Hall–Kier alpha value is -1.44. The SMILES string of the molecule is COc1cccc(C(=O)NCCNC(=O)[C@@H](N)CCSC)c1.Cl. The molecule has 0 aliphatic carbocycles. The molecule has 8 heteroatoms. The van der Waals surface area contributed by atoms with Gasteiger partial charge in [-0.05, 0) is 36.6 Å². The van der Waals surface area contributed by atoms with E-state index in [-0.39, 0.29) is 24.2 Å². The lowest BCUT2D eigenvalue weighted by atomic mass is 10.2. The summed E-state index contributed by atoms with van der Waals surface area (Å²) in [5, 5.41) is 5.44. The van der Waals surface area contributed by atoms with Crippen LogP contribution in [0.15, 0.2) is 24.3 Å². The topological polar surface area (TPSA) is 93.5 Å². The van der Waals surface area contributed by atoms with Crippen molar-refractivity contribution in [1.29, 1.82) is 0 Å². The van der Waals surface area contributed by atoms with E-state index in [4.69, 9.17) is 10.5 Å². The molecule has 0 aliphatic rings. The van der Waals surface area contributed by atoms with Crippen LogP contribution in [0.2, 0.25) is 0 Å². The monoisotopic (exact) mass is 361 g/mol. The Morgan fingerprint density at radius 3 is 2.65 bits per heavy atom. The van der Waals surface area contributed by atoms with E-state index in [1.165, 1.54) is 0 Å². The number of rotatable bonds is 9. The van der Waals surface area contributed by atoms with Crippen molar-refractivity contribution in [3.05, 3.63) is 29.8 Å². The lowest BCUT2D eigenvalue weighted by Crippen LogP contribution is -2.43. The number of methoxy groups -OCH3 is 1. The van der Waals surface area contributed by atoms with E-state index in [1.54, 1.807) is 43.1 Å². The summed E-state index contributed by atoms with van der Waals surface area (Å²) >= 11 is 1.65. The van der Waals surface area contributed by atoms with Gasteiger partial charge in [0.05, 0.1) is 13.2 Å². The summed E-state index contributed by atoms with van der Waals surface area (Å²) in [6.07, 6.45) is 2.61. The molecule has 0 aromatic heterocycles. The van der Waals surface area contributed by atoms with Crippen molar-refractivity contribution < 1.29 is 14.3 Å². The van der Waals surface area contributed by atoms with Gasteiger partial charge in [-0.3, -0.25) is 9.59 Å². The average Bonchev–Trinajstić information content (AvgIpc) is 2.55. The molecule has 23 heavy (non-hydrogen) atoms. The van der Waals surface area contributed by atoms with Gasteiger partial charge in [0.1, 0.15) is 5.75 Å². The minimum absolute atomic E-state index is 0. The third-order valence-corrected chi connectivity index (χ3v) is 3.66. The molecule has 0 unspecified atom stereocenters. The second kappa shape index (κ2) is 12.0. The first kappa shape index (κ1) is 21.6. The summed E-state index contributed by atoms with van der Waals surface area (Å²) in [6.45, 7) is 0.693. The van der Waals surface area contributed by atoms with Crippen LogP contribution in [0.3, 0.4) is 0 Å². The van der Waals surface area contributed by atoms with E-state index in [1.807, 2.05) is 6.26 Å². The Balaban J connectivity index is 0.00000484. The first-order valence-corrected chi connectivity index (χ1v) is 8.42. The van der Waals surface area contributed by atoms with Crippen LogP contribution in [0.4, 0.5) is 0 Å². The Kier molecular flexibility index (Phi) is 11.3. The lowest BCUT2D eigenvalue weighted by Gasteiger charge is -2.12. The molecule has 0 saturated carbocycles. The molecule has 0 heterocycles. The lowest BCUT2D eigenvalue weighted by molar-refractivity contribution is -0.122. The fourth-order valence-corrected chi connectivity index (χ4v) is 2.22. The molecule has 2 amide bonds. The Morgan fingerprint density at radius 1 is 1.30 bits per heavy atom. The van der Waals surface area contributed by atoms with Crippen LogP contribution in [0.5, 0.6) is 5.75 Å². The third kappa shape index (κ3) is 8.11.